The van der Waals surface area contributed by atoms with Crippen molar-refractivity contribution in [3.63, 3.8) is 0 Å². The number of carbonyl (C=O) groups is 3. The Kier molecular flexibility index (Phi) is 6.42. The highest BCUT2D eigenvalue weighted by atomic mass is 16.2. The molecule has 1 unspecified atom stereocenters. The maximum atomic E-state index is 13.0. The van der Waals surface area contributed by atoms with Crippen molar-refractivity contribution in [2.45, 2.75) is 108 Å². The number of carbonyl (C=O) groups excluding carboxylic acids is 3. The fourth-order valence-corrected chi connectivity index (χ4v) is 7.36. The minimum Gasteiger partial charge on any atom is -0.322 e. The second kappa shape index (κ2) is 9.68. The van der Waals surface area contributed by atoms with Gasteiger partial charge >= 0.3 is 0 Å². The zero-order valence-electron chi connectivity index (χ0n) is 20.8. The van der Waals surface area contributed by atoms with Crippen molar-refractivity contribution in [3.8, 4) is 0 Å². The fraction of sp³-hybridized carbons (Fsp3) is 0.690. The lowest BCUT2D eigenvalue weighted by Crippen LogP contribution is -2.52. The number of imide groups is 1. The summed E-state index contributed by atoms with van der Waals surface area (Å²) in [5.41, 5.74) is 3.04. The summed E-state index contributed by atoms with van der Waals surface area (Å²) in [6.07, 6.45) is 15.4. The van der Waals surface area contributed by atoms with Gasteiger partial charge < -0.3 is 10.2 Å². The van der Waals surface area contributed by atoms with E-state index in [0.29, 0.717) is 43.0 Å². The van der Waals surface area contributed by atoms with Crippen molar-refractivity contribution >= 4 is 17.7 Å². The van der Waals surface area contributed by atoms with Gasteiger partial charge in [0.25, 0.3) is 5.91 Å². The number of hydrogen-bond donors (Lipinski definition) is 2. The van der Waals surface area contributed by atoms with Crippen LogP contribution in [0, 0.1) is 17.8 Å². The standard InChI is InChI=1S/C29H39N3O3/c33-27-14-13-26(28(34)31-27)32-17-22-16-18(5-12-24(22)29(32)35)15-21-3-1-2-4-25(21)30-23-10-8-20(9-11-23)19-6-7-19/h5,12,16,19-21,23,25-26,30H,1-4,6-11,13-15,17H2,(H,31,33,34)/t20?,21-,23?,25+,26?/m1/s1. The molecule has 1 aromatic rings. The van der Waals surface area contributed by atoms with Crippen LogP contribution in [0.15, 0.2) is 18.2 Å². The summed E-state index contributed by atoms with van der Waals surface area (Å²) in [5.74, 6) is 2.03. The van der Waals surface area contributed by atoms with Gasteiger partial charge in [-0.2, -0.15) is 0 Å². The third kappa shape index (κ3) is 4.91. The number of fused-ring (bicyclic) bond motifs is 1. The molecule has 3 aliphatic carbocycles. The van der Waals surface area contributed by atoms with Crippen LogP contribution < -0.4 is 10.6 Å². The summed E-state index contributed by atoms with van der Waals surface area (Å²) in [6, 6.07) is 7.03. The third-order valence-corrected chi connectivity index (χ3v) is 9.51. The van der Waals surface area contributed by atoms with E-state index in [1.54, 1.807) is 4.90 Å². The third-order valence-electron chi connectivity index (χ3n) is 9.51. The second-order valence-electron chi connectivity index (χ2n) is 11.9. The Morgan fingerprint density at radius 1 is 0.886 bits per heavy atom. The SMILES string of the molecule is O=C1CCC(N2Cc3cc(C[C@H]4CCCC[C@@H]4NC4CCC(C5CC5)CC4)ccc3C2=O)C(=O)N1. The van der Waals surface area contributed by atoms with Gasteiger partial charge in [-0.05, 0) is 99.2 Å². The summed E-state index contributed by atoms with van der Waals surface area (Å²) >= 11 is 0. The van der Waals surface area contributed by atoms with Gasteiger partial charge in [0.15, 0.2) is 0 Å². The van der Waals surface area contributed by atoms with Crippen LogP contribution in [0.1, 0.15) is 98.5 Å². The van der Waals surface area contributed by atoms with Crippen molar-refractivity contribution in [1.29, 1.82) is 0 Å². The van der Waals surface area contributed by atoms with Crippen LogP contribution >= 0.6 is 0 Å². The summed E-state index contributed by atoms with van der Waals surface area (Å²) in [7, 11) is 0. The maximum Gasteiger partial charge on any atom is 0.255 e. The van der Waals surface area contributed by atoms with Crippen LogP contribution in [0.5, 0.6) is 0 Å². The quantitative estimate of drug-likeness (QED) is 0.605. The molecule has 188 valence electrons. The molecule has 6 heteroatoms. The molecular weight excluding hydrogens is 438 g/mol. The number of rotatable bonds is 6. The Bertz CT molecular complexity index is 995. The van der Waals surface area contributed by atoms with Crippen molar-refractivity contribution in [3.05, 3.63) is 34.9 Å². The van der Waals surface area contributed by atoms with Gasteiger partial charge in [0, 0.05) is 30.6 Å². The lowest BCUT2D eigenvalue weighted by molar-refractivity contribution is -0.136. The summed E-state index contributed by atoms with van der Waals surface area (Å²) in [4.78, 5) is 38.5. The van der Waals surface area contributed by atoms with Gasteiger partial charge in [0.1, 0.15) is 6.04 Å². The Balaban J connectivity index is 1.09. The monoisotopic (exact) mass is 477 g/mol. The first-order valence-corrected chi connectivity index (χ1v) is 14.1. The zero-order chi connectivity index (χ0) is 23.9. The van der Waals surface area contributed by atoms with Crippen LogP contribution in [0.25, 0.3) is 0 Å². The van der Waals surface area contributed by atoms with Crippen molar-refractivity contribution < 1.29 is 14.4 Å². The molecule has 1 aromatic carbocycles. The average Bonchev–Trinajstić information content (AvgIpc) is 3.65. The molecule has 3 saturated carbocycles. The Morgan fingerprint density at radius 2 is 1.63 bits per heavy atom. The number of nitrogens with zero attached hydrogens (tertiary/aromatic N) is 1. The van der Waals surface area contributed by atoms with Crippen molar-refractivity contribution in [1.82, 2.24) is 15.5 Å². The van der Waals surface area contributed by atoms with E-state index >= 15 is 0 Å². The van der Waals surface area contributed by atoms with E-state index in [0.717, 1.165) is 23.8 Å². The summed E-state index contributed by atoms with van der Waals surface area (Å²) in [5, 5.41) is 6.48. The number of hydrogen-bond acceptors (Lipinski definition) is 4. The zero-order valence-corrected chi connectivity index (χ0v) is 20.8. The molecule has 0 aromatic heterocycles. The maximum absolute atomic E-state index is 13.0. The molecule has 5 aliphatic rings. The Hall–Kier alpha value is -2.21. The molecule has 2 N–H and O–H groups in total. The van der Waals surface area contributed by atoms with E-state index in [-0.39, 0.29) is 17.7 Å². The van der Waals surface area contributed by atoms with Gasteiger partial charge in [-0.3, -0.25) is 19.7 Å². The van der Waals surface area contributed by atoms with Crippen LogP contribution in [0.3, 0.4) is 0 Å². The van der Waals surface area contributed by atoms with Gasteiger partial charge in [-0.15, -0.1) is 0 Å². The van der Waals surface area contributed by atoms with E-state index in [2.05, 4.69) is 22.8 Å². The highest BCUT2D eigenvalue weighted by molar-refractivity contribution is 6.05. The molecule has 4 fully saturated rings. The first kappa shape index (κ1) is 23.2. The van der Waals surface area contributed by atoms with E-state index in [1.165, 1.54) is 69.8 Å². The Labute approximate surface area is 208 Å². The topological polar surface area (TPSA) is 78.5 Å². The molecule has 35 heavy (non-hydrogen) atoms. The minimum atomic E-state index is -0.544. The average molecular weight is 478 g/mol. The second-order valence-corrected chi connectivity index (χ2v) is 11.9. The molecule has 0 radical (unpaired) electrons. The van der Waals surface area contributed by atoms with Crippen LogP contribution in [0.4, 0.5) is 0 Å². The van der Waals surface area contributed by atoms with Crippen LogP contribution in [-0.4, -0.2) is 40.7 Å². The van der Waals surface area contributed by atoms with E-state index in [9.17, 15) is 14.4 Å². The van der Waals surface area contributed by atoms with Gasteiger partial charge in [-0.1, -0.05) is 25.0 Å². The minimum absolute atomic E-state index is 0.0833. The molecule has 0 spiro atoms. The molecule has 3 atom stereocenters. The van der Waals surface area contributed by atoms with Gasteiger partial charge in [0.05, 0.1) is 0 Å². The van der Waals surface area contributed by atoms with E-state index < -0.39 is 6.04 Å². The molecule has 2 aliphatic heterocycles. The number of nitrogens with one attached hydrogen (secondary N) is 2. The highest BCUT2D eigenvalue weighted by Crippen LogP contribution is 2.44. The highest BCUT2D eigenvalue weighted by Gasteiger charge is 2.39. The number of benzene rings is 1. The molecule has 6 nitrogen and oxygen atoms in total. The predicted molar refractivity (Wildman–Crippen MR) is 134 cm³/mol. The predicted octanol–water partition coefficient (Wildman–Crippen LogP) is 4.11. The van der Waals surface area contributed by atoms with Crippen LogP contribution in [0.2, 0.25) is 0 Å². The first-order chi connectivity index (χ1) is 17.0. The smallest absolute Gasteiger partial charge is 0.255 e. The molecule has 1 saturated heterocycles. The fourth-order valence-electron chi connectivity index (χ4n) is 7.36. The van der Waals surface area contributed by atoms with Gasteiger partial charge in [0.2, 0.25) is 11.8 Å². The lowest BCUT2D eigenvalue weighted by atomic mass is 9.78. The molecule has 0 bridgehead atoms. The largest absolute Gasteiger partial charge is 0.322 e. The number of piperidine rings is 1. The van der Waals surface area contributed by atoms with Gasteiger partial charge in [-0.25, -0.2) is 0 Å². The number of amides is 3. The van der Waals surface area contributed by atoms with E-state index in [1.807, 2.05) is 6.07 Å². The molecule has 2 heterocycles. The van der Waals surface area contributed by atoms with E-state index in [4.69, 9.17) is 0 Å². The first-order valence-electron chi connectivity index (χ1n) is 14.1. The molecule has 6 rings (SSSR count). The molecular formula is C29H39N3O3. The normalized spacial score (nSPS) is 33.5. The molecule has 3 amide bonds. The van der Waals surface area contributed by atoms with Crippen molar-refractivity contribution in [2.24, 2.45) is 17.8 Å². The van der Waals surface area contributed by atoms with Crippen molar-refractivity contribution in [2.75, 3.05) is 0 Å². The summed E-state index contributed by atoms with van der Waals surface area (Å²) < 4.78 is 0. The lowest BCUT2D eigenvalue weighted by Gasteiger charge is -2.38. The Morgan fingerprint density at radius 3 is 2.37 bits per heavy atom. The van der Waals surface area contributed by atoms with Crippen LogP contribution in [-0.2, 0) is 22.6 Å². The summed E-state index contributed by atoms with van der Waals surface area (Å²) in [6.45, 7) is 0.463.